The minimum Gasteiger partial charge on any atom is -0.455 e. The van der Waals surface area contributed by atoms with Crippen LogP contribution in [0.5, 0.6) is 0 Å². The van der Waals surface area contributed by atoms with Gasteiger partial charge in [-0.3, -0.25) is 4.79 Å². The summed E-state index contributed by atoms with van der Waals surface area (Å²) in [6.07, 6.45) is 1.40. The normalized spacial score (nSPS) is 11.1. The monoisotopic (exact) mass is 406 g/mol. The molecular formula is C19H13Cl3N2O2. The van der Waals surface area contributed by atoms with Crippen molar-refractivity contribution in [2.45, 2.75) is 6.92 Å². The number of nitrogens with zero attached hydrogens (tertiary/aromatic N) is 1. The second-order valence-electron chi connectivity index (χ2n) is 5.49. The van der Waals surface area contributed by atoms with E-state index in [0.29, 0.717) is 37.7 Å². The fourth-order valence-corrected chi connectivity index (χ4v) is 2.89. The van der Waals surface area contributed by atoms with Gasteiger partial charge in [0.2, 0.25) is 0 Å². The molecule has 0 aliphatic carbocycles. The lowest BCUT2D eigenvalue weighted by atomic mass is 10.1. The topological polar surface area (TPSA) is 54.6 Å². The quantitative estimate of drug-likeness (QED) is 0.427. The number of rotatable bonds is 4. The van der Waals surface area contributed by atoms with E-state index in [1.807, 2.05) is 6.92 Å². The van der Waals surface area contributed by atoms with Gasteiger partial charge in [0.25, 0.3) is 5.91 Å². The summed E-state index contributed by atoms with van der Waals surface area (Å²) in [4.78, 5) is 12.1. The number of furan rings is 1. The minimum atomic E-state index is -0.365. The molecule has 132 valence electrons. The van der Waals surface area contributed by atoms with E-state index < -0.39 is 0 Å². The highest BCUT2D eigenvalue weighted by Gasteiger charge is 2.09. The molecule has 0 atom stereocenters. The third kappa shape index (κ3) is 4.28. The standard InChI is InChI=1S/C19H13Cl3N2O2/c1-11-2-3-12(8-16(11)21)19(25)24-23-10-14-5-7-18(26-14)15-6-4-13(20)9-17(15)22/h2-10H,1H3,(H,24,25)/b23-10-. The van der Waals surface area contributed by atoms with E-state index in [9.17, 15) is 4.79 Å². The van der Waals surface area contributed by atoms with Gasteiger partial charge in [-0.05, 0) is 55.0 Å². The van der Waals surface area contributed by atoms with Crippen LogP contribution in [0.4, 0.5) is 0 Å². The summed E-state index contributed by atoms with van der Waals surface area (Å²) in [6, 6.07) is 13.7. The second kappa shape index (κ2) is 7.96. The number of amides is 1. The Morgan fingerprint density at radius 3 is 2.58 bits per heavy atom. The SMILES string of the molecule is Cc1ccc(C(=O)N/N=C\c2ccc(-c3ccc(Cl)cc3Cl)o2)cc1Cl. The van der Waals surface area contributed by atoms with E-state index in [0.717, 1.165) is 5.56 Å². The fraction of sp³-hybridized carbons (Fsp3) is 0.0526. The zero-order valence-electron chi connectivity index (χ0n) is 13.6. The molecule has 0 saturated carbocycles. The van der Waals surface area contributed by atoms with Crippen LogP contribution in [-0.2, 0) is 0 Å². The van der Waals surface area contributed by atoms with Crippen molar-refractivity contribution in [1.29, 1.82) is 0 Å². The molecule has 0 aliphatic rings. The molecule has 0 saturated heterocycles. The zero-order valence-corrected chi connectivity index (χ0v) is 15.9. The molecule has 0 bridgehead atoms. The summed E-state index contributed by atoms with van der Waals surface area (Å²) in [7, 11) is 0. The molecular weight excluding hydrogens is 395 g/mol. The minimum absolute atomic E-state index is 0.365. The van der Waals surface area contributed by atoms with Gasteiger partial charge < -0.3 is 4.42 Å². The van der Waals surface area contributed by atoms with Crippen LogP contribution in [0.3, 0.4) is 0 Å². The van der Waals surface area contributed by atoms with E-state index in [-0.39, 0.29) is 5.91 Å². The number of hydrogen-bond donors (Lipinski definition) is 1. The van der Waals surface area contributed by atoms with E-state index >= 15 is 0 Å². The molecule has 1 heterocycles. The lowest BCUT2D eigenvalue weighted by Crippen LogP contribution is -2.17. The van der Waals surface area contributed by atoms with Crippen LogP contribution in [-0.4, -0.2) is 12.1 Å². The summed E-state index contributed by atoms with van der Waals surface area (Å²) >= 11 is 18.1. The van der Waals surface area contributed by atoms with E-state index in [2.05, 4.69) is 10.5 Å². The van der Waals surface area contributed by atoms with Crippen LogP contribution in [0.15, 0.2) is 58.0 Å². The van der Waals surface area contributed by atoms with Gasteiger partial charge in [0.05, 0.1) is 11.2 Å². The molecule has 26 heavy (non-hydrogen) atoms. The van der Waals surface area contributed by atoms with Crippen molar-refractivity contribution < 1.29 is 9.21 Å². The van der Waals surface area contributed by atoms with Gasteiger partial charge in [0.1, 0.15) is 11.5 Å². The first-order valence-corrected chi connectivity index (χ1v) is 8.72. The Hall–Kier alpha value is -2.27. The lowest BCUT2D eigenvalue weighted by molar-refractivity contribution is 0.0955. The van der Waals surface area contributed by atoms with Crippen LogP contribution >= 0.6 is 34.8 Å². The van der Waals surface area contributed by atoms with Crippen LogP contribution in [0.2, 0.25) is 15.1 Å². The first-order chi connectivity index (χ1) is 12.4. The Labute approximate surface area is 165 Å². The molecule has 3 aromatic rings. The molecule has 4 nitrogen and oxygen atoms in total. The summed E-state index contributed by atoms with van der Waals surface area (Å²) in [5.41, 5.74) is 4.47. The number of benzene rings is 2. The van der Waals surface area contributed by atoms with Gasteiger partial charge in [-0.15, -0.1) is 0 Å². The number of carbonyl (C=O) groups excluding carboxylic acids is 1. The smallest absolute Gasteiger partial charge is 0.271 e. The van der Waals surface area contributed by atoms with Crippen molar-refractivity contribution >= 4 is 46.9 Å². The van der Waals surface area contributed by atoms with Gasteiger partial charge in [-0.1, -0.05) is 40.9 Å². The van der Waals surface area contributed by atoms with Crippen molar-refractivity contribution in [3.63, 3.8) is 0 Å². The molecule has 1 N–H and O–H groups in total. The first-order valence-electron chi connectivity index (χ1n) is 7.59. The predicted octanol–water partition coefficient (Wildman–Crippen LogP) is 5.98. The van der Waals surface area contributed by atoms with Crippen LogP contribution in [0.1, 0.15) is 21.7 Å². The largest absolute Gasteiger partial charge is 0.455 e. The van der Waals surface area contributed by atoms with Crippen molar-refractivity contribution in [3.8, 4) is 11.3 Å². The van der Waals surface area contributed by atoms with E-state index in [4.69, 9.17) is 39.2 Å². The maximum atomic E-state index is 12.1. The highest BCUT2D eigenvalue weighted by molar-refractivity contribution is 6.36. The zero-order chi connectivity index (χ0) is 18.7. The van der Waals surface area contributed by atoms with Gasteiger partial charge in [-0.25, -0.2) is 5.43 Å². The predicted molar refractivity (Wildman–Crippen MR) is 105 cm³/mol. The maximum Gasteiger partial charge on any atom is 0.271 e. The summed E-state index contributed by atoms with van der Waals surface area (Å²) in [6.45, 7) is 1.86. The van der Waals surface area contributed by atoms with E-state index in [1.165, 1.54) is 6.21 Å². The highest BCUT2D eigenvalue weighted by atomic mass is 35.5. The average molecular weight is 408 g/mol. The average Bonchev–Trinajstić information content (AvgIpc) is 3.05. The number of hydrazone groups is 1. The number of halogens is 3. The maximum absolute atomic E-state index is 12.1. The number of hydrogen-bond acceptors (Lipinski definition) is 3. The summed E-state index contributed by atoms with van der Waals surface area (Å²) in [5, 5.41) is 5.46. The Morgan fingerprint density at radius 2 is 1.85 bits per heavy atom. The third-order valence-electron chi connectivity index (χ3n) is 3.62. The van der Waals surface area contributed by atoms with Crippen LogP contribution in [0, 0.1) is 6.92 Å². The second-order valence-corrected chi connectivity index (χ2v) is 6.74. The fourth-order valence-electron chi connectivity index (χ4n) is 2.21. The van der Waals surface area contributed by atoms with E-state index in [1.54, 1.807) is 48.5 Å². The van der Waals surface area contributed by atoms with Crippen molar-refractivity contribution in [2.75, 3.05) is 0 Å². The molecule has 0 unspecified atom stereocenters. The number of aryl methyl sites for hydroxylation is 1. The molecule has 0 fully saturated rings. The van der Waals surface area contributed by atoms with Gasteiger partial charge in [0, 0.05) is 21.2 Å². The van der Waals surface area contributed by atoms with Gasteiger partial charge in [-0.2, -0.15) is 5.10 Å². The first kappa shape index (κ1) is 18.5. The van der Waals surface area contributed by atoms with Crippen molar-refractivity contribution in [3.05, 3.63) is 80.5 Å². The van der Waals surface area contributed by atoms with Crippen molar-refractivity contribution in [1.82, 2.24) is 5.43 Å². The summed E-state index contributed by atoms with van der Waals surface area (Å²) in [5.74, 6) is 0.675. The number of carbonyl (C=O) groups is 1. The molecule has 3 rings (SSSR count). The van der Waals surface area contributed by atoms with Crippen LogP contribution < -0.4 is 5.43 Å². The molecule has 1 aromatic heterocycles. The number of nitrogens with one attached hydrogen (secondary N) is 1. The Kier molecular flexibility index (Phi) is 5.67. The molecule has 1 amide bonds. The Bertz CT molecular complexity index is 996. The highest BCUT2D eigenvalue weighted by Crippen LogP contribution is 2.31. The lowest BCUT2D eigenvalue weighted by Gasteiger charge is -2.02. The molecule has 0 aliphatic heterocycles. The third-order valence-corrected chi connectivity index (χ3v) is 4.57. The van der Waals surface area contributed by atoms with Gasteiger partial charge in [0.15, 0.2) is 0 Å². The van der Waals surface area contributed by atoms with Crippen molar-refractivity contribution in [2.24, 2.45) is 5.10 Å². The van der Waals surface area contributed by atoms with Crippen LogP contribution in [0.25, 0.3) is 11.3 Å². The molecule has 2 aromatic carbocycles. The Morgan fingerprint density at radius 1 is 1.04 bits per heavy atom. The Balaban J connectivity index is 1.68. The van der Waals surface area contributed by atoms with Gasteiger partial charge >= 0.3 is 0 Å². The molecule has 7 heteroatoms. The molecule has 0 radical (unpaired) electrons. The summed E-state index contributed by atoms with van der Waals surface area (Å²) < 4.78 is 5.66. The molecule has 0 spiro atoms.